The monoisotopic (exact) mass is 326 g/mol. The number of hydrogen-bond acceptors (Lipinski definition) is 3. The lowest BCUT2D eigenvalue weighted by molar-refractivity contribution is 0.225. The van der Waals surface area contributed by atoms with Crippen molar-refractivity contribution < 1.29 is 9.90 Å². The average Bonchev–Trinajstić information content (AvgIpc) is 2.96. The van der Waals surface area contributed by atoms with Crippen molar-refractivity contribution in [1.82, 2.24) is 9.88 Å². The molecule has 1 aromatic carbocycles. The number of carbonyl (C=O) groups excluding carboxylic acids is 1. The van der Waals surface area contributed by atoms with Gasteiger partial charge in [0, 0.05) is 11.7 Å². The zero-order valence-corrected chi connectivity index (χ0v) is 14.1. The second-order valence-corrected chi connectivity index (χ2v) is 6.51. The van der Waals surface area contributed by atoms with Crippen LogP contribution < -0.4 is 10.6 Å². The van der Waals surface area contributed by atoms with Crippen LogP contribution in [0.2, 0.25) is 0 Å². The first-order chi connectivity index (χ1) is 11.3. The Morgan fingerprint density at radius 2 is 2.00 bits per heavy atom. The van der Waals surface area contributed by atoms with Crippen molar-refractivity contribution in [2.45, 2.75) is 32.4 Å². The Kier molecular flexibility index (Phi) is 5.27. The molecule has 0 aliphatic heterocycles. The Morgan fingerprint density at radius 3 is 2.54 bits per heavy atom. The van der Waals surface area contributed by atoms with Gasteiger partial charge >= 0.3 is 6.03 Å². The number of nitrogens with one attached hydrogen (secondary N) is 2. The number of nitrogens with zero attached hydrogens (tertiary/aromatic N) is 2. The molecule has 24 heavy (non-hydrogen) atoms. The van der Waals surface area contributed by atoms with Crippen molar-refractivity contribution in [2.24, 2.45) is 0 Å². The minimum atomic E-state index is -0.500. The predicted molar refractivity (Wildman–Crippen MR) is 92.6 cm³/mol. The van der Waals surface area contributed by atoms with Crippen LogP contribution in [0.5, 0.6) is 0 Å². The Bertz CT molecular complexity index is 739. The lowest BCUT2D eigenvalue weighted by Crippen LogP contribution is -2.35. The van der Waals surface area contributed by atoms with Gasteiger partial charge in [-0.3, -0.25) is 5.32 Å². The molecule has 0 unspecified atom stereocenters. The highest BCUT2D eigenvalue weighted by Crippen LogP contribution is 2.24. The number of aliphatic hydroxyl groups is 1. The summed E-state index contributed by atoms with van der Waals surface area (Å²) >= 11 is 0. The number of benzene rings is 1. The van der Waals surface area contributed by atoms with Gasteiger partial charge < -0.3 is 15.0 Å². The number of nitriles is 1. The molecule has 6 heteroatoms. The van der Waals surface area contributed by atoms with Gasteiger partial charge in [0.2, 0.25) is 0 Å². The topological polar surface area (TPSA) is 90.1 Å². The maximum Gasteiger partial charge on any atom is 0.320 e. The van der Waals surface area contributed by atoms with E-state index in [9.17, 15) is 9.90 Å². The normalized spacial score (nSPS) is 12.3. The van der Waals surface area contributed by atoms with Gasteiger partial charge in [-0.15, -0.1) is 0 Å². The van der Waals surface area contributed by atoms with Gasteiger partial charge in [-0.05, 0) is 32.4 Å². The minimum absolute atomic E-state index is 0.207. The van der Waals surface area contributed by atoms with Crippen molar-refractivity contribution in [3.63, 3.8) is 0 Å². The fourth-order valence-electron chi connectivity index (χ4n) is 2.41. The van der Waals surface area contributed by atoms with E-state index < -0.39 is 12.1 Å². The van der Waals surface area contributed by atoms with E-state index in [1.807, 2.05) is 55.7 Å². The minimum Gasteiger partial charge on any atom is -0.394 e. The number of amides is 2. The van der Waals surface area contributed by atoms with E-state index in [2.05, 4.69) is 16.7 Å². The molecule has 3 N–H and O–H groups in total. The van der Waals surface area contributed by atoms with Crippen LogP contribution in [0, 0.1) is 11.3 Å². The predicted octanol–water partition coefficient (Wildman–Crippen LogP) is 2.97. The molecule has 0 aliphatic carbocycles. The van der Waals surface area contributed by atoms with Crippen LogP contribution in [0.1, 0.15) is 37.9 Å². The molecule has 0 spiro atoms. The molecule has 126 valence electrons. The first-order valence-electron chi connectivity index (χ1n) is 7.71. The van der Waals surface area contributed by atoms with E-state index in [4.69, 9.17) is 5.26 Å². The van der Waals surface area contributed by atoms with E-state index in [0.29, 0.717) is 11.4 Å². The molecule has 0 radical (unpaired) electrons. The molecule has 2 aromatic rings. The fourth-order valence-corrected chi connectivity index (χ4v) is 2.41. The number of anilines is 1. The summed E-state index contributed by atoms with van der Waals surface area (Å²) in [6, 6.07) is 12.0. The van der Waals surface area contributed by atoms with Crippen LogP contribution >= 0.6 is 0 Å². The molecule has 6 nitrogen and oxygen atoms in total. The van der Waals surface area contributed by atoms with Crippen LogP contribution in [0.4, 0.5) is 10.6 Å². The molecular formula is C18H22N4O2. The number of urea groups is 1. The number of carbonyl (C=O) groups is 1. The van der Waals surface area contributed by atoms with Crippen molar-refractivity contribution in [1.29, 1.82) is 5.26 Å². The molecule has 1 heterocycles. The summed E-state index contributed by atoms with van der Waals surface area (Å²) in [5.74, 6) is 0.529. The highest BCUT2D eigenvalue weighted by molar-refractivity contribution is 5.89. The average molecular weight is 326 g/mol. The standard InChI is InChI=1S/C18H22N4O2/c1-18(2,3)22-11-13(10-19)9-16(22)21-17(24)20-15(12-23)14-7-5-4-6-8-14/h4-9,11,15,23H,12H2,1-3H3,(H2,20,21,24)/t15-/m1/s1. The molecule has 0 aliphatic rings. The number of hydrogen-bond donors (Lipinski definition) is 3. The zero-order chi connectivity index (χ0) is 17.7. The van der Waals surface area contributed by atoms with Gasteiger partial charge in [0.25, 0.3) is 0 Å². The van der Waals surface area contributed by atoms with Crippen molar-refractivity contribution in [3.05, 3.63) is 53.7 Å². The number of rotatable bonds is 4. The molecule has 0 fully saturated rings. The molecule has 2 rings (SSSR count). The van der Waals surface area contributed by atoms with Gasteiger partial charge in [-0.2, -0.15) is 5.26 Å². The second kappa shape index (κ2) is 7.20. The molecule has 1 atom stereocenters. The maximum atomic E-state index is 12.3. The van der Waals surface area contributed by atoms with Gasteiger partial charge in [0.1, 0.15) is 11.9 Å². The van der Waals surface area contributed by atoms with Crippen molar-refractivity contribution >= 4 is 11.8 Å². The first kappa shape index (κ1) is 17.6. The lowest BCUT2D eigenvalue weighted by Gasteiger charge is -2.25. The third-order valence-corrected chi connectivity index (χ3v) is 3.60. The number of aliphatic hydroxyl groups excluding tert-OH is 1. The first-order valence-corrected chi connectivity index (χ1v) is 7.71. The van der Waals surface area contributed by atoms with Gasteiger partial charge in [0.05, 0.1) is 18.2 Å². The van der Waals surface area contributed by atoms with Crippen LogP contribution in [0.25, 0.3) is 0 Å². The second-order valence-electron chi connectivity index (χ2n) is 6.51. The van der Waals surface area contributed by atoms with Gasteiger partial charge in [-0.1, -0.05) is 30.3 Å². The molecule has 0 saturated heterocycles. The van der Waals surface area contributed by atoms with Crippen molar-refractivity contribution in [3.8, 4) is 6.07 Å². The van der Waals surface area contributed by atoms with E-state index in [0.717, 1.165) is 5.56 Å². The zero-order valence-electron chi connectivity index (χ0n) is 14.1. The Morgan fingerprint density at radius 1 is 1.33 bits per heavy atom. The third kappa shape index (κ3) is 4.15. The number of aromatic nitrogens is 1. The summed E-state index contributed by atoms with van der Waals surface area (Å²) in [6.07, 6.45) is 1.70. The summed E-state index contributed by atoms with van der Waals surface area (Å²) in [6.45, 7) is 5.74. The fraction of sp³-hybridized carbons (Fsp3) is 0.333. The largest absolute Gasteiger partial charge is 0.394 e. The molecule has 0 saturated carbocycles. The van der Waals surface area contributed by atoms with Crippen molar-refractivity contribution in [2.75, 3.05) is 11.9 Å². The van der Waals surface area contributed by atoms with Gasteiger partial charge in [0.15, 0.2) is 0 Å². The Balaban J connectivity index is 2.15. The Labute approximate surface area is 141 Å². The SMILES string of the molecule is CC(C)(C)n1cc(C#N)cc1NC(=O)N[C@H](CO)c1ccccc1. The summed E-state index contributed by atoms with van der Waals surface area (Å²) in [5, 5.41) is 24.1. The van der Waals surface area contributed by atoms with Crippen LogP contribution in [-0.4, -0.2) is 22.3 Å². The smallest absolute Gasteiger partial charge is 0.320 e. The highest BCUT2D eigenvalue weighted by atomic mass is 16.3. The van der Waals surface area contributed by atoms with E-state index >= 15 is 0 Å². The Hall–Kier alpha value is -2.78. The van der Waals surface area contributed by atoms with E-state index in [1.54, 1.807) is 12.3 Å². The summed E-state index contributed by atoms with van der Waals surface area (Å²) < 4.78 is 1.83. The maximum absolute atomic E-state index is 12.3. The summed E-state index contributed by atoms with van der Waals surface area (Å²) in [5.41, 5.74) is 1.01. The summed E-state index contributed by atoms with van der Waals surface area (Å²) in [7, 11) is 0. The molecule has 0 bridgehead atoms. The van der Waals surface area contributed by atoms with Gasteiger partial charge in [-0.25, -0.2) is 4.79 Å². The highest BCUT2D eigenvalue weighted by Gasteiger charge is 2.20. The third-order valence-electron chi connectivity index (χ3n) is 3.60. The van der Waals surface area contributed by atoms with E-state index in [1.165, 1.54) is 0 Å². The molecular weight excluding hydrogens is 304 g/mol. The van der Waals surface area contributed by atoms with Crippen LogP contribution in [0.3, 0.4) is 0 Å². The molecule has 1 aromatic heterocycles. The van der Waals surface area contributed by atoms with Crippen LogP contribution in [-0.2, 0) is 5.54 Å². The van der Waals surface area contributed by atoms with Crippen LogP contribution in [0.15, 0.2) is 42.6 Å². The lowest BCUT2D eigenvalue weighted by atomic mass is 10.1. The molecule has 2 amide bonds. The quantitative estimate of drug-likeness (QED) is 0.807. The van der Waals surface area contributed by atoms with E-state index in [-0.39, 0.29) is 12.1 Å². The summed E-state index contributed by atoms with van der Waals surface area (Å²) in [4.78, 5) is 12.3.